The van der Waals surface area contributed by atoms with Crippen molar-refractivity contribution in [2.75, 3.05) is 27.2 Å². The van der Waals surface area contributed by atoms with Crippen molar-refractivity contribution < 1.29 is 0 Å². The first-order valence-electron chi connectivity index (χ1n) is 5.68. The third kappa shape index (κ3) is 4.60. The zero-order valence-corrected chi connectivity index (χ0v) is 11.8. The lowest BCUT2D eigenvalue weighted by Gasteiger charge is -2.29. The average Bonchev–Trinajstić information content (AvgIpc) is 2.64. The number of nitrogens with zero attached hydrogens (tertiary/aromatic N) is 2. The standard InChI is InChI=1S/C12H23N3S/c1-10(11-13-6-7-16-11)14-8-12(2,3)9-15(4)5/h6-7,10,14H,8-9H2,1-5H3. The van der Waals surface area contributed by atoms with Gasteiger partial charge in [-0.3, -0.25) is 0 Å². The molecule has 0 amide bonds. The highest BCUT2D eigenvalue weighted by Gasteiger charge is 2.20. The molecule has 0 saturated heterocycles. The fourth-order valence-electron chi connectivity index (χ4n) is 1.88. The number of hydrogen-bond acceptors (Lipinski definition) is 4. The minimum atomic E-state index is 0.287. The molecule has 1 unspecified atom stereocenters. The maximum atomic E-state index is 4.32. The van der Waals surface area contributed by atoms with Crippen molar-refractivity contribution in [1.82, 2.24) is 15.2 Å². The van der Waals surface area contributed by atoms with Crippen molar-refractivity contribution in [2.45, 2.75) is 26.8 Å². The molecule has 16 heavy (non-hydrogen) atoms. The molecule has 0 bridgehead atoms. The molecule has 4 heteroatoms. The quantitative estimate of drug-likeness (QED) is 0.829. The van der Waals surface area contributed by atoms with Gasteiger partial charge in [0.15, 0.2) is 0 Å². The Hall–Kier alpha value is -0.450. The van der Waals surface area contributed by atoms with E-state index >= 15 is 0 Å². The van der Waals surface area contributed by atoms with E-state index in [2.05, 4.69) is 50.1 Å². The Balaban J connectivity index is 2.39. The fourth-order valence-corrected chi connectivity index (χ4v) is 2.55. The topological polar surface area (TPSA) is 28.2 Å². The monoisotopic (exact) mass is 241 g/mol. The summed E-state index contributed by atoms with van der Waals surface area (Å²) in [5.74, 6) is 0. The lowest BCUT2D eigenvalue weighted by atomic mass is 9.92. The predicted octanol–water partition coefficient (Wildman–Crippen LogP) is 2.38. The van der Waals surface area contributed by atoms with Gasteiger partial charge in [0.05, 0.1) is 6.04 Å². The van der Waals surface area contributed by atoms with E-state index in [1.807, 2.05) is 11.6 Å². The Morgan fingerprint density at radius 3 is 2.69 bits per heavy atom. The van der Waals surface area contributed by atoms with Gasteiger partial charge in [0.1, 0.15) is 5.01 Å². The summed E-state index contributed by atoms with van der Waals surface area (Å²) in [5.41, 5.74) is 0.287. The molecule has 1 aromatic rings. The second kappa shape index (κ2) is 5.75. The van der Waals surface area contributed by atoms with Crippen molar-refractivity contribution in [2.24, 2.45) is 5.41 Å². The van der Waals surface area contributed by atoms with Gasteiger partial charge in [0.2, 0.25) is 0 Å². The third-order valence-electron chi connectivity index (χ3n) is 2.45. The van der Waals surface area contributed by atoms with Gasteiger partial charge < -0.3 is 10.2 Å². The van der Waals surface area contributed by atoms with Crippen molar-refractivity contribution in [3.63, 3.8) is 0 Å². The molecule has 0 aliphatic rings. The Kier molecular flexibility index (Phi) is 4.89. The van der Waals surface area contributed by atoms with Crippen molar-refractivity contribution >= 4 is 11.3 Å². The molecular weight excluding hydrogens is 218 g/mol. The van der Waals surface area contributed by atoms with Crippen LogP contribution in [0.4, 0.5) is 0 Å². The molecule has 0 spiro atoms. The molecule has 0 aliphatic heterocycles. The zero-order valence-electron chi connectivity index (χ0n) is 10.9. The van der Waals surface area contributed by atoms with E-state index < -0.39 is 0 Å². The summed E-state index contributed by atoms with van der Waals surface area (Å²) in [6, 6.07) is 0.349. The maximum absolute atomic E-state index is 4.32. The van der Waals surface area contributed by atoms with Crippen LogP contribution in [0.5, 0.6) is 0 Å². The number of rotatable bonds is 6. The highest BCUT2D eigenvalue weighted by molar-refractivity contribution is 7.09. The van der Waals surface area contributed by atoms with E-state index in [0.29, 0.717) is 6.04 Å². The minimum absolute atomic E-state index is 0.287. The van der Waals surface area contributed by atoms with E-state index in [4.69, 9.17) is 0 Å². The maximum Gasteiger partial charge on any atom is 0.109 e. The van der Waals surface area contributed by atoms with Crippen LogP contribution in [0.25, 0.3) is 0 Å². The SMILES string of the molecule is CC(NCC(C)(C)CN(C)C)c1nccs1. The lowest BCUT2D eigenvalue weighted by Crippen LogP contribution is -2.38. The van der Waals surface area contributed by atoms with Crippen LogP contribution in [0.1, 0.15) is 31.8 Å². The first-order valence-corrected chi connectivity index (χ1v) is 6.56. The van der Waals surface area contributed by atoms with Gasteiger partial charge in [-0.25, -0.2) is 4.98 Å². The van der Waals surface area contributed by atoms with Crippen LogP contribution in [0.15, 0.2) is 11.6 Å². The average molecular weight is 241 g/mol. The molecule has 1 N–H and O–H groups in total. The van der Waals surface area contributed by atoms with E-state index in [-0.39, 0.29) is 5.41 Å². The molecule has 92 valence electrons. The van der Waals surface area contributed by atoms with E-state index in [9.17, 15) is 0 Å². The van der Waals surface area contributed by atoms with Crippen LogP contribution in [0.2, 0.25) is 0 Å². The van der Waals surface area contributed by atoms with Crippen LogP contribution in [-0.4, -0.2) is 37.1 Å². The smallest absolute Gasteiger partial charge is 0.109 e. The van der Waals surface area contributed by atoms with Crippen LogP contribution in [-0.2, 0) is 0 Å². The molecular formula is C12H23N3S. The first-order chi connectivity index (χ1) is 7.41. The Morgan fingerprint density at radius 1 is 1.50 bits per heavy atom. The molecule has 0 aliphatic carbocycles. The molecule has 0 radical (unpaired) electrons. The van der Waals surface area contributed by atoms with Crippen molar-refractivity contribution in [3.05, 3.63) is 16.6 Å². The highest BCUT2D eigenvalue weighted by atomic mass is 32.1. The van der Waals surface area contributed by atoms with Crippen molar-refractivity contribution in [1.29, 1.82) is 0 Å². The highest BCUT2D eigenvalue weighted by Crippen LogP contribution is 2.19. The van der Waals surface area contributed by atoms with Crippen molar-refractivity contribution in [3.8, 4) is 0 Å². The van der Waals surface area contributed by atoms with Gasteiger partial charge in [-0.2, -0.15) is 0 Å². The van der Waals surface area contributed by atoms with Gasteiger partial charge in [-0.15, -0.1) is 11.3 Å². The van der Waals surface area contributed by atoms with Gasteiger partial charge in [0, 0.05) is 24.7 Å². The second-order valence-corrected chi connectivity index (χ2v) is 6.30. The van der Waals surface area contributed by atoms with Crippen LogP contribution in [0.3, 0.4) is 0 Å². The second-order valence-electron chi connectivity index (χ2n) is 5.37. The summed E-state index contributed by atoms with van der Waals surface area (Å²) >= 11 is 1.71. The number of aromatic nitrogens is 1. The van der Waals surface area contributed by atoms with E-state index in [1.165, 1.54) is 5.01 Å². The normalized spacial score (nSPS) is 14.4. The summed E-state index contributed by atoms with van der Waals surface area (Å²) in [7, 11) is 4.23. The van der Waals surface area contributed by atoms with Gasteiger partial charge in [-0.05, 0) is 26.4 Å². The van der Waals surface area contributed by atoms with Gasteiger partial charge >= 0.3 is 0 Å². The molecule has 1 atom stereocenters. The molecule has 3 nitrogen and oxygen atoms in total. The summed E-state index contributed by atoms with van der Waals surface area (Å²) in [5, 5.41) is 6.75. The minimum Gasteiger partial charge on any atom is -0.309 e. The summed E-state index contributed by atoms with van der Waals surface area (Å²) in [6.45, 7) is 8.84. The lowest BCUT2D eigenvalue weighted by molar-refractivity contribution is 0.227. The summed E-state index contributed by atoms with van der Waals surface area (Å²) in [4.78, 5) is 6.56. The summed E-state index contributed by atoms with van der Waals surface area (Å²) in [6.07, 6.45) is 1.86. The van der Waals surface area contributed by atoms with Crippen LogP contribution >= 0.6 is 11.3 Å². The molecule has 1 rings (SSSR count). The Bertz CT molecular complexity index is 293. The molecule has 0 saturated carbocycles. The van der Waals surface area contributed by atoms with E-state index in [1.54, 1.807) is 11.3 Å². The predicted molar refractivity (Wildman–Crippen MR) is 70.9 cm³/mol. The van der Waals surface area contributed by atoms with Gasteiger partial charge in [-0.1, -0.05) is 13.8 Å². The Morgan fingerprint density at radius 2 is 2.19 bits per heavy atom. The third-order valence-corrected chi connectivity index (χ3v) is 3.41. The largest absolute Gasteiger partial charge is 0.309 e. The first kappa shape index (κ1) is 13.6. The molecule has 0 aromatic carbocycles. The zero-order chi connectivity index (χ0) is 12.2. The number of hydrogen-bond donors (Lipinski definition) is 1. The van der Waals surface area contributed by atoms with Gasteiger partial charge in [0.25, 0.3) is 0 Å². The van der Waals surface area contributed by atoms with Crippen LogP contribution < -0.4 is 5.32 Å². The fraction of sp³-hybridized carbons (Fsp3) is 0.750. The molecule has 1 aromatic heterocycles. The van der Waals surface area contributed by atoms with E-state index in [0.717, 1.165) is 13.1 Å². The summed E-state index contributed by atoms with van der Waals surface area (Å²) < 4.78 is 0. The number of thiazole rings is 1. The van der Waals surface area contributed by atoms with Crippen LogP contribution in [0, 0.1) is 5.41 Å². The molecule has 0 fully saturated rings. The molecule has 1 heterocycles. The number of nitrogens with one attached hydrogen (secondary N) is 1. The Labute approximate surface area is 103 Å².